The number of urea groups is 1. The van der Waals surface area contributed by atoms with Gasteiger partial charge < -0.3 is 21.1 Å². The lowest BCUT2D eigenvalue weighted by Gasteiger charge is -2.08. The highest BCUT2D eigenvalue weighted by molar-refractivity contribution is 5.97. The number of aliphatic carboxylic acids is 1. The van der Waals surface area contributed by atoms with Crippen LogP contribution in [0.3, 0.4) is 0 Å². The van der Waals surface area contributed by atoms with E-state index in [9.17, 15) is 14.4 Å². The van der Waals surface area contributed by atoms with Gasteiger partial charge in [-0.3, -0.25) is 9.59 Å². The highest BCUT2D eigenvalue weighted by Crippen LogP contribution is 2.20. The number of amides is 3. The maximum atomic E-state index is 11.9. The molecule has 1 fully saturated rings. The Morgan fingerprint density at radius 1 is 1.24 bits per heavy atom. The summed E-state index contributed by atoms with van der Waals surface area (Å²) in [6, 6.07) is 6.35. The van der Waals surface area contributed by atoms with E-state index in [4.69, 9.17) is 5.11 Å². The van der Waals surface area contributed by atoms with Crippen LogP contribution in [0.1, 0.15) is 29.6 Å². The van der Waals surface area contributed by atoms with Crippen LogP contribution in [-0.4, -0.2) is 35.6 Å². The predicted octanol–water partition coefficient (Wildman–Crippen LogP) is 1.17. The summed E-state index contributed by atoms with van der Waals surface area (Å²) in [5.74, 6) is -1.14. The predicted molar refractivity (Wildman–Crippen MR) is 76.2 cm³/mol. The second-order valence-electron chi connectivity index (χ2n) is 4.85. The summed E-state index contributed by atoms with van der Waals surface area (Å²) in [6.07, 6.45) is 1.88. The van der Waals surface area contributed by atoms with Crippen LogP contribution in [0.2, 0.25) is 0 Å². The molecule has 0 atom stereocenters. The van der Waals surface area contributed by atoms with Gasteiger partial charge in [-0.15, -0.1) is 0 Å². The summed E-state index contributed by atoms with van der Waals surface area (Å²) in [5, 5.41) is 16.3. The van der Waals surface area contributed by atoms with E-state index >= 15 is 0 Å². The van der Waals surface area contributed by atoms with E-state index < -0.39 is 12.0 Å². The number of rotatable bonds is 6. The van der Waals surface area contributed by atoms with Crippen molar-refractivity contribution in [3.8, 4) is 0 Å². The molecular weight excluding hydrogens is 274 g/mol. The Morgan fingerprint density at radius 3 is 2.67 bits per heavy atom. The van der Waals surface area contributed by atoms with Crippen molar-refractivity contribution in [2.75, 3.05) is 11.9 Å². The molecule has 1 saturated carbocycles. The van der Waals surface area contributed by atoms with Gasteiger partial charge in [-0.2, -0.15) is 0 Å². The smallest absolute Gasteiger partial charge is 0.319 e. The van der Waals surface area contributed by atoms with Crippen molar-refractivity contribution in [3.05, 3.63) is 29.8 Å². The highest BCUT2D eigenvalue weighted by Gasteiger charge is 2.23. The molecule has 4 N–H and O–H groups in total. The molecule has 1 aromatic rings. The lowest BCUT2D eigenvalue weighted by atomic mass is 10.2. The van der Waals surface area contributed by atoms with Crippen molar-refractivity contribution in [2.24, 2.45) is 0 Å². The average molecular weight is 291 g/mol. The first-order chi connectivity index (χ1) is 10.0. The van der Waals surface area contributed by atoms with Crippen molar-refractivity contribution in [1.82, 2.24) is 10.6 Å². The SMILES string of the molecule is O=C(O)CCNC(=O)Nc1cccc(C(=O)NC2CC2)c1. The Morgan fingerprint density at radius 2 is 2.00 bits per heavy atom. The molecule has 0 bridgehead atoms. The lowest BCUT2D eigenvalue weighted by Crippen LogP contribution is -2.30. The van der Waals surface area contributed by atoms with Gasteiger partial charge in [-0.05, 0) is 31.0 Å². The van der Waals surface area contributed by atoms with Crippen LogP contribution in [0.4, 0.5) is 10.5 Å². The molecule has 0 aromatic heterocycles. The molecule has 0 radical (unpaired) electrons. The summed E-state index contributed by atoms with van der Waals surface area (Å²) in [6.45, 7) is 0.0447. The third-order valence-corrected chi connectivity index (χ3v) is 2.92. The second kappa shape index (κ2) is 6.74. The first-order valence-electron chi connectivity index (χ1n) is 6.72. The number of nitrogens with one attached hydrogen (secondary N) is 3. The fraction of sp³-hybridized carbons (Fsp3) is 0.357. The van der Waals surface area contributed by atoms with Crippen molar-refractivity contribution < 1.29 is 19.5 Å². The zero-order valence-corrected chi connectivity index (χ0v) is 11.4. The van der Waals surface area contributed by atoms with Gasteiger partial charge >= 0.3 is 12.0 Å². The number of hydrogen-bond donors (Lipinski definition) is 4. The van der Waals surface area contributed by atoms with Crippen molar-refractivity contribution in [2.45, 2.75) is 25.3 Å². The lowest BCUT2D eigenvalue weighted by molar-refractivity contribution is -0.136. The molecule has 21 heavy (non-hydrogen) atoms. The number of carboxylic acid groups (broad SMARTS) is 1. The van der Waals surface area contributed by atoms with E-state index in [0.29, 0.717) is 11.3 Å². The first kappa shape index (κ1) is 14.8. The minimum absolute atomic E-state index is 0.0447. The summed E-state index contributed by atoms with van der Waals surface area (Å²) >= 11 is 0. The molecule has 0 saturated heterocycles. The van der Waals surface area contributed by atoms with E-state index in [1.165, 1.54) is 0 Å². The molecule has 3 amide bonds. The van der Waals surface area contributed by atoms with Crippen LogP contribution >= 0.6 is 0 Å². The normalized spacial score (nSPS) is 13.3. The topological polar surface area (TPSA) is 108 Å². The van der Waals surface area contributed by atoms with Crippen LogP contribution in [0, 0.1) is 0 Å². The molecule has 0 aliphatic heterocycles. The van der Waals surface area contributed by atoms with Crippen LogP contribution in [0.5, 0.6) is 0 Å². The van der Waals surface area contributed by atoms with Crippen LogP contribution < -0.4 is 16.0 Å². The Kier molecular flexibility index (Phi) is 4.76. The van der Waals surface area contributed by atoms with E-state index in [1.54, 1.807) is 24.3 Å². The summed E-state index contributed by atoms with van der Waals surface area (Å²) in [4.78, 5) is 33.8. The van der Waals surface area contributed by atoms with Gasteiger partial charge in [0.25, 0.3) is 5.91 Å². The summed E-state index contributed by atoms with van der Waals surface area (Å²) < 4.78 is 0. The molecule has 7 nitrogen and oxygen atoms in total. The van der Waals surface area contributed by atoms with E-state index in [2.05, 4.69) is 16.0 Å². The zero-order valence-electron chi connectivity index (χ0n) is 11.4. The molecule has 0 unspecified atom stereocenters. The fourth-order valence-corrected chi connectivity index (χ4v) is 1.69. The summed E-state index contributed by atoms with van der Waals surface area (Å²) in [7, 11) is 0. The Hall–Kier alpha value is -2.57. The quantitative estimate of drug-likeness (QED) is 0.631. The zero-order chi connectivity index (χ0) is 15.2. The molecule has 1 aromatic carbocycles. The Bertz CT molecular complexity index is 555. The van der Waals surface area contributed by atoms with E-state index in [1.807, 2.05) is 0 Å². The van der Waals surface area contributed by atoms with Gasteiger partial charge in [0.15, 0.2) is 0 Å². The van der Waals surface area contributed by atoms with Crippen molar-refractivity contribution in [1.29, 1.82) is 0 Å². The van der Waals surface area contributed by atoms with Crippen LogP contribution in [0.15, 0.2) is 24.3 Å². The highest BCUT2D eigenvalue weighted by atomic mass is 16.4. The molecule has 112 valence electrons. The Labute approximate surface area is 121 Å². The molecule has 1 aliphatic carbocycles. The van der Waals surface area contributed by atoms with E-state index in [0.717, 1.165) is 12.8 Å². The monoisotopic (exact) mass is 291 g/mol. The first-order valence-corrected chi connectivity index (χ1v) is 6.72. The number of carbonyl (C=O) groups is 3. The van der Waals surface area contributed by atoms with Crippen molar-refractivity contribution >= 4 is 23.6 Å². The maximum Gasteiger partial charge on any atom is 0.319 e. The van der Waals surface area contributed by atoms with Gasteiger partial charge in [0.2, 0.25) is 0 Å². The minimum atomic E-state index is -0.978. The fourth-order valence-electron chi connectivity index (χ4n) is 1.69. The molecule has 0 heterocycles. The molecule has 0 spiro atoms. The standard InChI is InChI=1S/C14H17N3O4/c18-12(19)6-7-15-14(21)17-11-3-1-2-9(8-11)13(20)16-10-4-5-10/h1-3,8,10H,4-7H2,(H,16,20)(H,18,19)(H2,15,17,21). The largest absolute Gasteiger partial charge is 0.481 e. The number of hydrogen-bond acceptors (Lipinski definition) is 3. The van der Waals surface area contributed by atoms with Gasteiger partial charge in [-0.25, -0.2) is 4.79 Å². The molecule has 1 aliphatic rings. The number of benzene rings is 1. The third kappa shape index (κ3) is 5.13. The molecular formula is C14H17N3O4. The number of carboxylic acids is 1. The van der Waals surface area contributed by atoms with Crippen molar-refractivity contribution in [3.63, 3.8) is 0 Å². The van der Waals surface area contributed by atoms with Gasteiger partial charge in [0.1, 0.15) is 0 Å². The Balaban J connectivity index is 1.86. The van der Waals surface area contributed by atoms with Crippen LogP contribution in [0.25, 0.3) is 0 Å². The number of carbonyl (C=O) groups excluding carboxylic acids is 2. The van der Waals surface area contributed by atoms with Gasteiger partial charge in [0.05, 0.1) is 6.42 Å². The average Bonchev–Trinajstić information content (AvgIpc) is 3.22. The summed E-state index contributed by atoms with van der Waals surface area (Å²) in [5.41, 5.74) is 0.955. The van der Waals surface area contributed by atoms with Gasteiger partial charge in [0, 0.05) is 23.8 Å². The minimum Gasteiger partial charge on any atom is -0.481 e. The number of anilines is 1. The maximum absolute atomic E-state index is 11.9. The van der Waals surface area contributed by atoms with E-state index in [-0.39, 0.29) is 24.9 Å². The second-order valence-corrected chi connectivity index (χ2v) is 4.85. The molecule has 2 rings (SSSR count). The molecule has 7 heteroatoms. The van der Waals surface area contributed by atoms with Gasteiger partial charge in [-0.1, -0.05) is 6.07 Å². The third-order valence-electron chi connectivity index (χ3n) is 2.92. The van der Waals surface area contributed by atoms with Crippen LogP contribution in [-0.2, 0) is 4.79 Å².